The molecule has 1 N–H and O–H groups in total. The summed E-state index contributed by atoms with van der Waals surface area (Å²) in [5, 5.41) is 5.00. The summed E-state index contributed by atoms with van der Waals surface area (Å²) in [5.41, 5.74) is 1.10. The quantitative estimate of drug-likeness (QED) is 0.874. The van der Waals surface area contributed by atoms with Gasteiger partial charge in [0.1, 0.15) is 13.2 Å². The second-order valence-electron chi connectivity index (χ2n) is 5.87. The van der Waals surface area contributed by atoms with E-state index in [2.05, 4.69) is 5.32 Å². The number of nitrogens with zero attached hydrogens (tertiary/aromatic N) is 1. The predicted molar refractivity (Wildman–Crippen MR) is 94.5 cm³/mol. The van der Waals surface area contributed by atoms with Crippen LogP contribution in [-0.2, 0) is 17.9 Å². The van der Waals surface area contributed by atoms with Crippen molar-refractivity contribution in [1.29, 1.82) is 0 Å². The third kappa shape index (κ3) is 4.07. The molecule has 6 heteroatoms. The lowest BCUT2D eigenvalue weighted by atomic mass is 10.1. The van der Waals surface area contributed by atoms with E-state index in [4.69, 9.17) is 9.47 Å². The molecule has 1 aliphatic heterocycles. The summed E-state index contributed by atoms with van der Waals surface area (Å²) in [7, 11) is 1.95. The SMILES string of the molecule is CC(C(=O)NCc1cccs1)N(C)Cc1ccc2c(c1)OCCO2. The standard InChI is InChI=1S/C18H22N2O3S/c1-13(18(21)19-11-15-4-3-9-24-15)20(2)12-14-5-6-16-17(10-14)23-8-7-22-16/h3-6,9-10,13H,7-8,11-12H2,1-2H3,(H,19,21). The van der Waals surface area contributed by atoms with Gasteiger partial charge in [0.2, 0.25) is 5.91 Å². The minimum atomic E-state index is -0.210. The summed E-state index contributed by atoms with van der Waals surface area (Å²) in [6.45, 7) is 4.34. The molecule has 1 aromatic heterocycles. The van der Waals surface area contributed by atoms with Crippen molar-refractivity contribution >= 4 is 17.2 Å². The first-order chi connectivity index (χ1) is 11.6. The van der Waals surface area contributed by atoms with Crippen LogP contribution < -0.4 is 14.8 Å². The van der Waals surface area contributed by atoms with Crippen molar-refractivity contribution in [2.45, 2.75) is 26.1 Å². The number of carbonyl (C=O) groups excluding carboxylic acids is 1. The first-order valence-electron chi connectivity index (χ1n) is 8.02. The van der Waals surface area contributed by atoms with Crippen LogP contribution in [0.1, 0.15) is 17.4 Å². The van der Waals surface area contributed by atoms with Gasteiger partial charge in [-0.1, -0.05) is 12.1 Å². The number of likely N-dealkylation sites (N-methyl/N-ethyl adjacent to an activating group) is 1. The van der Waals surface area contributed by atoms with Gasteiger partial charge in [0.05, 0.1) is 12.6 Å². The minimum Gasteiger partial charge on any atom is -0.486 e. The van der Waals surface area contributed by atoms with E-state index in [0.717, 1.165) is 21.9 Å². The molecule has 1 amide bonds. The topological polar surface area (TPSA) is 50.8 Å². The number of carbonyl (C=O) groups is 1. The molecule has 128 valence electrons. The van der Waals surface area contributed by atoms with Crippen molar-refractivity contribution in [3.8, 4) is 11.5 Å². The Morgan fingerprint density at radius 3 is 2.83 bits per heavy atom. The molecule has 1 atom stereocenters. The van der Waals surface area contributed by atoms with Crippen molar-refractivity contribution in [3.63, 3.8) is 0 Å². The molecule has 0 saturated heterocycles. The van der Waals surface area contributed by atoms with Crippen LogP contribution >= 0.6 is 11.3 Å². The van der Waals surface area contributed by atoms with Crippen LogP contribution in [0.3, 0.4) is 0 Å². The van der Waals surface area contributed by atoms with Gasteiger partial charge < -0.3 is 14.8 Å². The number of amides is 1. The highest BCUT2D eigenvalue weighted by atomic mass is 32.1. The largest absolute Gasteiger partial charge is 0.486 e. The summed E-state index contributed by atoms with van der Waals surface area (Å²) in [5.74, 6) is 1.60. The number of hydrogen-bond donors (Lipinski definition) is 1. The molecule has 0 aliphatic carbocycles. The molecule has 2 aromatic rings. The Labute approximate surface area is 146 Å². The van der Waals surface area contributed by atoms with E-state index in [1.54, 1.807) is 11.3 Å². The summed E-state index contributed by atoms with van der Waals surface area (Å²) in [6, 6.07) is 9.73. The minimum absolute atomic E-state index is 0.0310. The Hall–Kier alpha value is -2.05. The van der Waals surface area contributed by atoms with Gasteiger partial charge in [0.15, 0.2) is 11.5 Å². The van der Waals surface area contributed by atoms with E-state index in [1.165, 1.54) is 0 Å². The van der Waals surface area contributed by atoms with Crippen molar-refractivity contribution in [1.82, 2.24) is 10.2 Å². The van der Waals surface area contributed by atoms with Crippen LogP contribution in [-0.4, -0.2) is 37.1 Å². The maximum atomic E-state index is 12.3. The number of benzene rings is 1. The molecule has 1 unspecified atom stereocenters. The van der Waals surface area contributed by atoms with Gasteiger partial charge in [-0.15, -0.1) is 11.3 Å². The van der Waals surface area contributed by atoms with Crippen LogP contribution in [0.2, 0.25) is 0 Å². The third-order valence-electron chi connectivity index (χ3n) is 4.10. The zero-order chi connectivity index (χ0) is 16.9. The summed E-state index contributed by atoms with van der Waals surface area (Å²) < 4.78 is 11.1. The molecule has 0 bridgehead atoms. The number of hydrogen-bond acceptors (Lipinski definition) is 5. The molecule has 2 heterocycles. The number of ether oxygens (including phenoxy) is 2. The van der Waals surface area contributed by atoms with E-state index < -0.39 is 0 Å². The monoisotopic (exact) mass is 346 g/mol. The molecule has 0 spiro atoms. The molecule has 1 aromatic carbocycles. The fourth-order valence-corrected chi connectivity index (χ4v) is 3.19. The summed E-state index contributed by atoms with van der Waals surface area (Å²) >= 11 is 1.65. The van der Waals surface area contributed by atoms with Crippen molar-refractivity contribution < 1.29 is 14.3 Å². The highest BCUT2D eigenvalue weighted by Crippen LogP contribution is 2.31. The summed E-state index contributed by atoms with van der Waals surface area (Å²) in [6.07, 6.45) is 0. The highest BCUT2D eigenvalue weighted by molar-refractivity contribution is 7.09. The van der Waals surface area contributed by atoms with E-state index in [9.17, 15) is 4.79 Å². The lowest BCUT2D eigenvalue weighted by molar-refractivity contribution is -0.125. The van der Waals surface area contributed by atoms with Gasteiger partial charge in [-0.3, -0.25) is 9.69 Å². The molecular formula is C18H22N2O3S. The van der Waals surface area contributed by atoms with Crippen LogP contribution in [0.4, 0.5) is 0 Å². The second-order valence-corrected chi connectivity index (χ2v) is 6.90. The molecular weight excluding hydrogens is 324 g/mol. The Kier molecular flexibility index (Phi) is 5.37. The predicted octanol–water partition coefficient (Wildman–Crippen LogP) is 2.66. The lowest BCUT2D eigenvalue weighted by Crippen LogP contribution is -2.42. The zero-order valence-electron chi connectivity index (χ0n) is 14.0. The van der Waals surface area contributed by atoms with Crippen molar-refractivity contribution in [2.75, 3.05) is 20.3 Å². The molecule has 24 heavy (non-hydrogen) atoms. The van der Waals surface area contributed by atoms with Gasteiger partial charge in [-0.2, -0.15) is 0 Å². The fraction of sp³-hybridized carbons (Fsp3) is 0.389. The first kappa shape index (κ1) is 16.8. The number of rotatable bonds is 6. The Bertz CT molecular complexity index is 688. The van der Waals surface area contributed by atoms with Gasteiger partial charge in [-0.05, 0) is 43.1 Å². The average molecular weight is 346 g/mol. The van der Waals surface area contributed by atoms with Crippen LogP contribution in [0, 0.1) is 0 Å². The van der Waals surface area contributed by atoms with Gasteiger partial charge in [0.25, 0.3) is 0 Å². The normalized spacial score (nSPS) is 14.5. The van der Waals surface area contributed by atoms with E-state index in [1.807, 2.05) is 54.6 Å². The van der Waals surface area contributed by atoms with Crippen LogP contribution in [0.5, 0.6) is 11.5 Å². The maximum absolute atomic E-state index is 12.3. The van der Waals surface area contributed by atoms with E-state index in [-0.39, 0.29) is 11.9 Å². The Morgan fingerprint density at radius 1 is 1.29 bits per heavy atom. The fourth-order valence-electron chi connectivity index (χ4n) is 2.55. The van der Waals surface area contributed by atoms with E-state index in [0.29, 0.717) is 26.3 Å². The summed E-state index contributed by atoms with van der Waals surface area (Å²) in [4.78, 5) is 15.5. The third-order valence-corrected chi connectivity index (χ3v) is 4.97. The molecule has 0 radical (unpaired) electrons. The average Bonchev–Trinajstić information content (AvgIpc) is 3.12. The smallest absolute Gasteiger partial charge is 0.237 e. The van der Waals surface area contributed by atoms with Gasteiger partial charge in [0, 0.05) is 11.4 Å². The molecule has 0 fully saturated rings. The molecule has 1 aliphatic rings. The van der Waals surface area contributed by atoms with Gasteiger partial charge in [-0.25, -0.2) is 0 Å². The Balaban J connectivity index is 1.55. The zero-order valence-corrected chi connectivity index (χ0v) is 14.8. The second kappa shape index (κ2) is 7.68. The van der Waals surface area contributed by atoms with Crippen molar-refractivity contribution in [2.24, 2.45) is 0 Å². The number of fused-ring (bicyclic) bond motifs is 1. The maximum Gasteiger partial charge on any atom is 0.237 e. The highest BCUT2D eigenvalue weighted by Gasteiger charge is 2.19. The van der Waals surface area contributed by atoms with Crippen LogP contribution in [0.15, 0.2) is 35.7 Å². The molecule has 5 nitrogen and oxygen atoms in total. The molecule has 0 saturated carbocycles. The van der Waals surface area contributed by atoms with Crippen LogP contribution in [0.25, 0.3) is 0 Å². The van der Waals surface area contributed by atoms with E-state index >= 15 is 0 Å². The molecule has 3 rings (SSSR count). The lowest BCUT2D eigenvalue weighted by Gasteiger charge is -2.25. The first-order valence-corrected chi connectivity index (χ1v) is 8.90. The van der Waals surface area contributed by atoms with Gasteiger partial charge >= 0.3 is 0 Å². The number of nitrogens with one attached hydrogen (secondary N) is 1. The van der Waals surface area contributed by atoms with Crippen molar-refractivity contribution in [3.05, 3.63) is 46.2 Å². The Morgan fingerprint density at radius 2 is 2.08 bits per heavy atom. The number of thiophene rings is 1.